The smallest absolute Gasteiger partial charge is 0.159 e. The Kier molecular flexibility index (Phi) is 7.78. The van der Waals surface area contributed by atoms with E-state index in [1.54, 1.807) is 0 Å². The van der Waals surface area contributed by atoms with Gasteiger partial charge < -0.3 is 16.2 Å². The summed E-state index contributed by atoms with van der Waals surface area (Å²) in [5.41, 5.74) is 10.6. The predicted molar refractivity (Wildman–Crippen MR) is 50.5 cm³/mol. The largest absolute Gasteiger partial charge is 0.487 e. The average molecular weight is 176 g/mol. The summed E-state index contributed by atoms with van der Waals surface area (Å²) in [7, 11) is 0. The second-order valence-electron chi connectivity index (χ2n) is 2.25. The predicted octanol–water partition coefficient (Wildman–Crippen LogP) is 0.418. The minimum atomic E-state index is 0.639. The van der Waals surface area contributed by atoms with Crippen LogP contribution >= 0.6 is 12.2 Å². The topological polar surface area (TPSA) is 61.3 Å². The molecule has 4 N–H and O–H groups in total. The minimum absolute atomic E-state index is 0.639. The summed E-state index contributed by atoms with van der Waals surface area (Å²) in [6.07, 6.45) is 2.56. The fourth-order valence-electron chi connectivity index (χ4n) is 0.588. The van der Waals surface area contributed by atoms with Gasteiger partial charge in [-0.1, -0.05) is 0 Å². The Balaban J connectivity index is 3.09. The van der Waals surface area contributed by atoms with Crippen LogP contribution in [0.5, 0.6) is 0 Å². The molecule has 0 heterocycles. The Hall–Kier alpha value is -0.190. The molecule has 0 aliphatic heterocycles. The molecule has 0 aromatic carbocycles. The van der Waals surface area contributed by atoms with E-state index >= 15 is 0 Å². The Morgan fingerprint density at radius 3 is 2.36 bits per heavy atom. The molecule has 66 valence electrons. The van der Waals surface area contributed by atoms with Gasteiger partial charge in [-0.2, -0.15) is 0 Å². The van der Waals surface area contributed by atoms with Crippen LogP contribution in [0.15, 0.2) is 0 Å². The third kappa shape index (κ3) is 7.71. The SMILES string of the molecule is NCCCOC(=S)CCCN. The Bertz CT molecular complexity index is 109. The standard InChI is InChI=1S/C7H16N2OS/c8-4-1-3-7(11)10-6-2-5-9/h1-6,8-9H2. The Labute approximate surface area is 73.1 Å². The number of ether oxygens (including phenoxy) is 1. The second-order valence-corrected chi connectivity index (χ2v) is 2.71. The van der Waals surface area contributed by atoms with Gasteiger partial charge in [0.2, 0.25) is 0 Å². The number of nitrogens with two attached hydrogens (primary N) is 2. The molecule has 0 unspecified atom stereocenters. The van der Waals surface area contributed by atoms with Gasteiger partial charge in [-0.3, -0.25) is 0 Å². The summed E-state index contributed by atoms with van der Waals surface area (Å²) in [6, 6.07) is 0. The first kappa shape index (κ1) is 10.8. The third-order valence-electron chi connectivity index (χ3n) is 1.20. The van der Waals surface area contributed by atoms with Crippen LogP contribution in [-0.2, 0) is 4.74 Å². The molecule has 3 nitrogen and oxygen atoms in total. The van der Waals surface area contributed by atoms with Crippen LogP contribution < -0.4 is 11.5 Å². The van der Waals surface area contributed by atoms with E-state index in [0.717, 1.165) is 19.3 Å². The van der Waals surface area contributed by atoms with Gasteiger partial charge in [0.1, 0.15) is 0 Å². The maximum atomic E-state index is 5.30. The number of rotatable bonds is 6. The molecule has 0 saturated heterocycles. The summed E-state index contributed by atoms with van der Waals surface area (Å²) in [5.74, 6) is 0. The molecule has 0 aliphatic rings. The van der Waals surface area contributed by atoms with Crippen LogP contribution in [0.25, 0.3) is 0 Å². The highest BCUT2D eigenvalue weighted by Crippen LogP contribution is 1.94. The Morgan fingerprint density at radius 1 is 1.18 bits per heavy atom. The molecule has 11 heavy (non-hydrogen) atoms. The van der Waals surface area contributed by atoms with Crippen molar-refractivity contribution in [1.29, 1.82) is 0 Å². The molecule has 4 heteroatoms. The van der Waals surface area contributed by atoms with Crippen LogP contribution in [0.1, 0.15) is 19.3 Å². The molecule has 0 aromatic rings. The zero-order valence-corrected chi connectivity index (χ0v) is 7.53. The second kappa shape index (κ2) is 7.91. The van der Waals surface area contributed by atoms with Crippen LogP contribution in [0, 0.1) is 0 Å². The number of thiocarbonyl (C=S) groups is 1. The lowest BCUT2D eigenvalue weighted by molar-refractivity contribution is 0.300. The van der Waals surface area contributed by atoms with Gasteiger partial charge in [0.05, 0.1) is 6.61 Å². The van der Waals surface area contributed by atoms with Crippen molar-refractivity contribution in [3.05, 3.63) is 0 Å². The van der Waals surface area contributed by atoms with Crippen LogP contribution in [0.4, 0.5) is 0 Å². The van der Waals surface area contributed by atoms with Gasteiger partial charge in [0.25, 0.3) is 0 Å². The molecule has 0 fully saturated rings. The van der Waals surface area contributed by atoms with E-state index in [1.165, 1.54) is 0 Å². The summed E-state index contributed by atoms with van der Waals surface area (Å²) in [4.78, 5) is 0. The lowest BCUT2D eigenvalue weighted by Crippen LogP contribution is -2.09. The number of hydrogen-bond acceptors (Lipinski definition) is 4. The first-order valence-corrected chi connectivity index (χ1v) is 4.28. The fraction of sp³-hybridized carbons (Fsp3) is 0.857. The zero-order valence-electron chi connectivity index (χ0n) is 6.71. The average Bonchev–Trinajstić information content (AvgIpc) is 2.01. The van der Waals surface area contributed by atoms with Crippen molar-refractivity contribution in [3.63, 3.8) is 0 Å². The molecular formula is C7H16N2OS. The highest BCUT2D eigenvalue weighted by Gasteiger charge is 1.95. The normalized spacial score (nSPS) is 9.64. The van der Waals surface area contributed by atoms with Crippen molar-refractivity contribution in [2.45, 2.75) is 19.3 Å². The van der Waals surface area contributed by atoms with Gasteiger partial charge in [-0.15, -0.1) is 0 Å². The van der Waals surface area contributed by atoms with Gasteiger partial charge >= 0.3 is 0 Å². The molecule has 0 atom stereocenters. The molecule has 0 amide bonds. The van der Waals surface area contributed by atoms with Crippen molar-refractivity contribution >= 4 is 17.3 Å². The van der Waals surface area contributed by atoms with Gasteiger partial charge in [0.15, 0.2) is 5.05 Å². The summed E-state index contributed by atoms with van der Waals surface area (Å²) in [5, 5.41) is 0.656. The lowest BCUT2D eigenvalue weighted by atomic mass is 10.3. The van der Waals surface area contributed by atoms with Crippen molar-refractivity contribution in [2.24, 2.45) is 11.5 Å². The lowest BCUT2D eigenvalue weighted by Gasteiger charge is -2.04. The summed E-state index contributed by atoms with van der Waals surface area (Å²) >= 11 is 4.91. The molecule has 0 aliphatic carbocycles. The van der Waals surface area contributed by atoms with E-state index in [9.17, 15) is 0 Å². The van der Waals surface area contributed by atoms with Crippen LogP contribution in [0.3, 0.4) is 0 Å². The zero-order chi connectivity index (χ0) is 8.53. The molecule has 0 spiro atoms. The van der Waals surface area contributed by atoms with E-state index in [4.69, 9.17) is 28.4 Å². The van der Waals surface area contributed by atoms with E-state index in [1.807, 2.05) is 0 Å². The van der Waals surface area contributed by atoms with Crippen molar-refractivity contribution in [1.82, 2.24) is 0 Å². The maximum absolute atomic E-state index is 5.30. The fourth-order valence-corrected chi connectivity index (χ4v) is 0.816. The summed E-state index contributed by atoms with van der Waals surface area (Å²) < 4.78 is 5.18. The van der Waals surface area contributed by atoms with E-state index in [2.05, 4.69) is 0 Å². The number of hydrogen-bond donors (Lipinski definition) is 2. The van der Waals surface area contributed by atoms with Crippen LogP contribution in [-0.4, -0.2) is 24.7 Å². The van der Waals surface area contributed by atoms with Crippen molar-refractivity contribution in [3.8, 4) is 0 Å². The highest BCUT2D eigenvalue weighted by molar-refractivity contribution is 7.80. The molecule has 0 bridgehead atoms. The monoisotopic (exact) mass is 176 g/mol. The Morgan fingerprint density at radius 2 is 1.82 bits per heavy atom. The van der Waals surface area contributed by atoms with E-state index in [0.29, 0.717) is 24.7 Å². The minimum Gasteiger partial charge on any atom is -0.487 e. The van der Waals surface area contributed by atoms with E-state index < -0.39 is 0 Å². The van der Waals surface area contributed by atoms with Crippen molar-refractivity contribution < 1.29 is 4.74 Å². The summed E-state index contributed by atoms with van der Waals surface area (Å²) in [6.45, 7) is 1.96. The molecule has 0 aromatic heterocycles. The first-order chi connectivity index (χ1) is 5.31. The first-order valence-electron chi connectivity index (χ1n) is 3.87. The van der Waals surface area contributed by atoms with Crippen molar-refractivity contribution in [2.75, 3.05) is 19.7 Å². The van der Waals surface area contributed by atoms with Gasteiger partial charge in [-0.25, -0.2) is 0 Å². The third-order valence-corrected chi connectivity index (χ3v) is 1.52. The molecular weight excluding hydrogens is 160 g/mol. The van der Waals surface area contributed by atoms with Crippen LogP contribution in [0.2, 0.25) is 0 Å². The van der Waals surface area contributed by atoms with E-state index in [-0.39, 0.29) is 0 Å². The highest BCUT2D eigenvalue weighted by atomic mass is 32.1. The molecule has 0 rings (SSSR count). The van der Waals surface area contributed by atoms with Gasteiger partial charge in [0, 0.05) is 6.42 Å². The maximum Gasteiger partial charge on any atom is 0.159 e. The quantitative estimate of drug-likeness (QED) is 0.455. The molecule has 0 saturated carbocycles. The molecule has 0 radical (unpaired) electrons. The van der Waals surface area contributed by atoms with Gasteiger partial charge in [-0.05, 0) is 38.1 Å².